The fourth-order valence-corrected chi connectivity index (χ4v) is 3.59. The fraction of sp³-hybridized carbons (Fsp3) is 0.478. The van der Waals surface area contributed by atoms with Gasteiger partial charge in [0.15, 0.2) is 17.5 Å². The summed E-state index contributed by atoms with van der Waals surface area (Å²) in [6.07, 6.45) is 3.42. The molecule has 32 heavy (non-hydrogen) atoms. The Bertz CT molecular complexity index is 844. The van der Waals surface area contributed by atoms with Gasteiger partial charge in [-0.1, -0.05) is 6.07 Å². The van der Waals surface area contributed by atoms with Crippen LogP contribution in [0, 0.1) is 0 Å². The van der Waals surface area contributed by atoms with Crippen molar-refractivity contribution in [2.45, 2.75) is 6.04 Å². The van der Waals surface area contributed by atoms with Gasteiger partial charge in [0.1, 0.15) is 12.4 Å². The van der Waals surface area contributed by atoms with Gasteiger partial charge in [-0.05, 0) is 29.8 Å². The van der Waals surface area contributed by atoms with E-state index >= 15 is 0 Å². The Kier molecular flexibility index (Phi) is 9.39. The second kappa shape index (κ2) is 12.7. The van der Waals surface area contributed by atoms with Crippen molar-refractivity contribution in [3.05, 3.63) is 48.3 Å². The van der Waals surface area contributed by atoms with Crippen LogP contribution in [0.3, 0.4) is 0 Å². The first-order valence-corrected chi connectivity index (χ1v) is 10.8. The van der Waals surface area contributed by atoms with E-state index in [1.54, 1.807) is 33.7 Å². The molecule has 1 unspecified atom stereocenters. The lowest BCUT2D eigenvalue weighted by atomic mass is 10.0. The molecule has 9 nitrogen and oxygen atoms in total. The Morgan fingerprint density at radius 3 is 2.66 bits per heavy atom. The van der Waals surface area contributed by atoms with Gasteiger partial charge in [0.05, 0.1) is 46.2 Å². The lowest BCUT2D eigenvalue weighted by molar-refractivity contribution is 0.0169. The number of rotatable bonds is 10. The molecular weight excluding hydrogens is 410 g/mol. The Hall–Kier alpha value is -3.04. The molecule has 0 spiro atoms. The van der Waals surface area contributed by atoms with E-state index in [1.807, 2.05) is 24.3 Å². The summed E-state index contributed by atoms with van der Waals surface area (Å²) in [5, 5.41) is 6.74. The van der Waals surface area contributed by atoms with Crippen LogP contribution in [0.2, 0.25) is 0 Å². The third kappa shape index (κ3) is 6.73. The third-order valence-electron chi connectivity index (χ3n) is 5.26. The first-order valence-electron chi connectivity index (χ1n) is 10.8. The zero-order chi connectivity index (χ0) is 22.6. The summed E-state index contributed by atoms with van der Waals surface area (Å²) in [6.45, 7) is 4.99. The molecule has 1 saturated heterocycles. The zero-order valence-electron chi connectivity index (χ0n) is 19.0. The largest absolute Gasteiger partial charge is 0.493 e. The number of nitrogens with zero attached hydrogens (tertiary/aromatic N) is 3. The Labute approximate surface area is 189 Å². The van der Waals surface area contributed by atoms with Crippen molar-refractivity contribution in [3.8, 4) is 17.2 Å². The van der Waals surface area contributed by atoms with Crippen molar-refractivity contribution < 1.29 is 18.9 Å². The van der Waals surface area contributed by atoms with Crippen molar-refractivity contribution in [2.24, 2.45) is 4.99 Å². The quantitative estimate of drug-likeness (QED) is 0.326. The first-order chi connectivity index (χ1) is 15.7. The van der Waals surface area contributed by atoms with Crippen LogP contribution in [0.5, 0.6) is 17.2 Å². The van der Waals surface area contributed by atoms with Crippen molar-refractivity contribution in [2.75, 3.05) is 67.3 Å². The predicted molar refractivity (Wildman–Crippen MR) is 124 cm³/mol. The number of aliphatic imine (C=N–C) groups is 1. The van der Waals surface area contributed by atoms with Crippen LogP contribution in [-0.2, 0) is 4.74 Å². The molecule has 2 N–H and O–H groups in total. The highest BCUT2D eigenvalue weighted by Gasteiger charge is 2.24. The van der Waals surface area contributed by atoms with Gasteiger partial charge in [0, 0.05) is 32.9 Å². The van der Waals surface area contributed by atoms with Gasteiger partial charge in [0.25, 0.3) is 0 Å². The summed E-state index contributed by atoms with van der Waals surface area (Å²) in [4.78, 5) is 10.8. The highest BCUT2D eigenvalue weighted by atomic mass is 16.5. The molecular formula is C23H33N5O4. The zero-order valence-corrected chi connectivity index (χ0v) is 19.0. The van der Waals surface area contributed by atoms with Crippen molar-refractivity contribution in [1.29, 1.82) is 0 Å². The Balaban J connectivity index is 1.60. The molecule has 3 rings (SSSR count). The van der Waals surface area contributed by atoms with Crippen LogP contribution in [0.1, 0.15) is 11.6 Å². The molecule has 0 amide bonds. The van der Waals surface area contributed by atoms with Gasteiger partial charge in [0.2, 0.25) is 0 Å². The van der Waals surface area contributed by atoms with Crippen LogP contribution >= 0.6 is 0 Å². The minimum atomic E-state index is 0.129. The maximum absolute atomic E-state index is 5.68. The predicted octanol–water partition coefficient (Wildman–Crippen LogP) is 1.72. The topological polar surface area (TPSA) is 89.5 Å². The summed E-state index contributed by atoms with van der Waals surface area (Å²) in [5.41, 5.74) is 1.15. The molecule has 0 saturated carbocycles. The molecule has 0 bridgehead atoms. The number of ether oxygens (including phenoxy) is 4. The standard InChI is InChI=1S/C23H33N5O4/c1-24-23(26-9-12-32-19-5-4-8-25-16-19)27-17-20(28-10-13-31-14-11-28)18-6-7-21(29-2)22(15-18)30-3/h4-8,15-16,20H,9-14,17H2,1-3H3,(H2,24,26,27). The molecule has 1 aliphatic rings. The van der Waals surface area contributed by atoms with Crippen molar-refractivity contribution in [3.63, 3.8) is 0 Å². The van der Waals surface area contributed by atoms with Crippen molar-refractivity contribution >= 4 is 5.96 Å². The third-order valence-corrected chi connectivity index (χ3v) is 5.26. The van der Waals surface area contributed by atoms with Crippen LogP contribution < -0.4 is 24.8 Å². The van der Waals surface area contributed by atoms with E-state index in [2.05, 4.69) is 31.6 Å². The minimum absolute atomic E-state index is 0.129. The number of hydrogen-bond donors (Lipinski definition) is 2. The number of nitrogens with one attached hydrogen (secondary N) is 2. The molecule has 2 aromatic rings. The SMILES string of the molecule is CN=C(NCCOc1cccnc1)NCC(c1ccc(OC)c(OC)c1)N1CCOCC1. The van der Waals surface area contributed by atoms with Crippen molar-refractivity contribution in [1.82, 2.24) is 20.5 Å². The molecule has 0 aliphatic carbocycles. The van der Waals surface area contributed by atoms with Crippen LogP contribution in [0.4, 0.5) is 0 Å². The number of guanidine groups is 1. The summed E-state index contributed by atoms with van der Waals surface area (Å²) in [6, 6.07) is 9.94. The molecule has 9 heteroatoms. The number of morpholine rings is 1. The first kappa shape index (κ1) is 23.6. The highest BCUT2D eigenvalue weighted by Crippen LogP contribution is 2.32. The lowest BCUT2D eigenvalue weighted by Crippen LogP contribution is -2.46. The van der Waals surface area contributed by atoms with E-state index in [9.17, 15) is 0 Å². The van der Waals surface area contributed by atoms with E-state index < -0.39 is 0 Å². The monoisotopic (exact) mass is 443 g/mol. The van der Waals surface area contributed by atoms with E-state index in [1.165, 1.54) is 0 Å². The molecule has 1 fully saturated rings. The summed E-state index contributed by atoms with van der Waals surface area (Å²) >= 11 is 0. The average molecular weight is 444 g/mol. The second-order valence-electron chi connectivity index (χ2n) is 7.20. The number of benzene rings is 1. The fourth-order valence-electron chi connectivity index (χ4n) is 3.59. The Morgan fingerprint density at radius 1 is 1.16 bits per heavy atom. The number of hydrogen-bond acceptors (Lipinski definition) is 7. The molecule has 2 heterocycles. The molecule has 1 aromatic heterocycles. The molecule has 1 atom stereocenters. The van der Waals surface area contributed by atoms with Crippen LogP contribution in [0.15, 0.2) is 47.7 Å². The number of aromatic nitrogens is 1. The van der Waals surface area contributed by atoms with E-state index in [0.29, 0.717) is 19.7 Å². The molecule has 174 valence electrons. The van der Waals surface area contributed by atoms with Crippen LogP contribution in [-0.4, -0.2) is 83.1 Å². The van der Waals surface area contributed by atoms with E-state index in [0.717, 1.165) is 55.1 Å². The molecule has 1 aliphatic heterocycles. The van der Waals surface area contributed by atoms with Gasteiger partial charge in [-0.2, -0.15) is 0 Å². The molecule has 0 radical (unpaired) electrons. The second-order valence-corrected chi connectivity index (χ2v) is 7.20. The Morgan fingerprint density at radius 2 is 1.97 bits per heavy atom. The summed E-state index contributed by atoms with van der Waals surface area (Å²) in [7, 11) is 5.06. The summed E-state index contributed by atoms with van der Waals surface area (Å²) in [5.74, 6) is 2.91. The van der Waals surface area contributed by atoms with Gasteiger partial charge in [-0.3, -0.25) is 14.9 Å². The maximum atomic E-state index is 5.68. The maximum Gasteiger partial charge on any atom is 0.191 e. The van der Waals surface area contributed by atoms with Gasteiger partial charge in [-0.25, -0.2) is 0 Å². The summed E-state index contributed by atoms with van der Waals surface area (Å²) < 4.78 is 22.2. The smallest absolute Gasteiger partial charge is 0.191 e. The normalized spacial score (nSPS) is 15.7. The van der Waals surface area contributed by atoms with E-state index in [4.69, 9.17) is 18.9 Å². The minimum Gasteiger partial charge on any atom is -0.493 e. The molecule has 1 aromatic carbocycles. The van der Waals surface area contributed by atoms with Gasteiger partial charge < -0.3 is 29.6 Å². The van der Waals surface area contributed by atoms with Gasteiger partial charge >= 0.3 is 0 Å². The van der Waals surface area contributed by atoms with Gasteiger partial charge in [-0.15, -0.1) is 0 Å². The lowest BCUT2D eigenvalue weighted by Gasteiger charge is -2.35. The average Bonchev–Trinajstić information content (AvgIpc) is 2.86. The number of methoxy groups -OCH3 is 2. The number of pyridine rings is 1. The van der Waals surface area contributed by atoms with Crippen LogP contribution in [0.25, 0.3) is 0 Å². The highest BCUT2D eigenvalue weighted by molar-refractivity contribution is 5.79. The van der Waals surface area contributed by atoms with E-state index in [-0.39, 0.29) is 6.04 Å².